The molecule has 2 aromatic heterocycles. The third-order valence-electron chi connectivity index (χ3n) is 4.28. The summed E-state index contributed by atoms with van der Waals surface area (Å²) in [6.07, 6.45) is 6.98. The molecule has 29 heavy (non-hydrogen) atoms. The van der Waals surface area contributed by atoms with Crippen LogP contribution in [0.1, 0.15) is 16.9 Å². The highest BCUT2D eigenvalue weighted by Gasteiger charge is 2.38. The van der Waals surface area contributed by atoms with Crippen LogP contribution >= 0.6 is 11.8 Å². The van der Waals surface area contributed by atoms with Crippen LogP contribution in [-0.4, -0.2) is 32.4 Å². The number of amidine groups is 1. The van der Waals surface area contributed by atoms with Gasteiger partial charge in [-0.3, -0.25) is 14.7 Å². The molecule has 0 N–H and O–H groups in total. The molecule has 0 bridgehead atoms. The van der Waals surface area contributed by atoms with Gasteiger partial charge in [0.25, 0.3) is 0 Å². The highest BCUT2D eigenvalue weighted by molar-refractivity contribution is 8.15. The first-order chi connectivity index (χ1) is 14.2. The number of carbonyl (C=O) groups excluding carboxylic acids is 1. The number of rotatable bonds is 6. The van der Waals surface area contributed by atoms with Gasteiger partial charge in [-0.2, -0.15) is 5.10 Å². The first-order valence-corrected chi connectivity index (χ1v) is 9.83. The minimum Gasteiger partial charge on any atom is -0.467 e. The molecule has 3 aromatic rings. The van der Waals surface area contributed by atoms with Gasteiger partial charge in [0.15, 0.2) is 5.17 Å². The number of carbonyl (C=O) groups is 1. The second-order valence-electron chi connectivity index (χ2n) is 6.35. The quantitative estimate of drug-likeness (QED) is 0.458. The van der Waals surface area contributed by atoms with Crippen LogP contribution < -0.4 is 0 Å². The summed E-state index contributed by atoms with van der Waals surface area (Å²) in [5.41, 5.74) is 1.70. The maximum absolute atomic E-state index is 13.2. The van der Waals surface area contributed by atoms with E-state index in [1.165, 1.54) is 23.9 Å². The van der Waals surface area contributed by atoms with E-state index in [0.29, 0.717) is 17.3 Å². The molecular weight excluding hydrogens is 391 g/mol. The van der Waals surface area contributed by atoms with Crippen molar-refractivity contribution in [3.63, 3.8) is 0 Å². The molecule has 1 aliphatic rings. The Morgan fingerprint density at radius 2 is 2.07 bits per heavy atom. The maximum Gasteiger partial charge on any atom is 0.242 e. The van der Waals surface area contributed by atoms with E-state index in [1.807, 2.05) is 18.2 Å². The maximum atomic E-state index is 13.2. The molecule has 1 fully saturated rings. The van der Waals surface area contributed by atoms with Crippen LogP contribution in [0.15, 0.2) is 81.8 Å². The monoisotopic (exact) mass is 408 g/mol. The number of amides is 1. The van der Waals surface area contributed by atoms with Gasteiger partial charge < -0.3 is 4.42 Å². The van der Waals surface area contributed by atoms with Crippen LogP contribution in [0.25, 0.3) is 0 Å². The molecule has 0 saturated carbocycles. The molecule has 0 spiro atoms. The van der Waals surface area contributed by atoms with Crippen LogP contribution in [-0.2, 0) is 17.8 Å². The molecule has 0 unspecified atom stereocenters. The minimum absolute atomic E-state index is 0.0777. The second-order valence-corrected chi connectivity index (χ2v) is 7.52. The Kier molecular flexibility index (Phi) is 5.81. The summed E-state index contributed by atoms with van der Waals surface area (Å²) < 4.78 is 18.5. The first kappa shape index (κ1) is 19.1. The van der Waals surface area contributed by atoms with Gasteiger partial charge in [-0.05, 0) is 42.3 Å². The van der Waals surface area contributed by atoms with Gasteiger partial charge in [0.1, 0.15) is 11.6 Å². The number of hydrogen-bond donors (Lipinski definition) is 0. The fourth-order valence-corrected chi connectivity index (χ4v) is 3.99. The average molecular weight is 408 g/mol. The predicted octanol–water partition coefficient (Wildman–Crippen LogP) is 3.89. The Balaban J connectivity index is 1.54. The number of halogens is 1. The van der Waals surface area contributed by atoms with Crippen molar-refractivity contribution in [2.45, 2.75) is 18.2 Å². The molecule has 0 radical (unpaired) electrons. The van der Waals surface area contributed by atoms with Crippen LogP contribution in [0, 0.1) is 5.82 Å². The lowest BCUT2D eigenvalue weighted by molar-refractivity contribution is -0.126. The first-order valence-electron chi connectivity index (χ1n) is 8.95. The summed E-state index contributed by atoms with van der Waals surface area (Å²) in [5.74, 6) is 0.280. The zero-order chi connectivity index (χ0) is 20.1. The fraction of sp³-hybridized carbons (Fsp3) is 0.143. The molecule has 1 amide bonds. The van der Waals surface area contributed by atoms with E-state index >= 15 is 0 Å². The van der Waals surface area contributed by atoms with E-state index in [1.54, 1.807) is 48.0 Å². The molecule has 3 heterocycles. The summed E-state index contributed by atoms with van der Waals surface area (Å²) in [5, 5.41) is 8.52. The fourth-order valence-electron chi connectivity index (χ4n) is 2.85. The van der Waals surface area contributed by atoms with Crippen molar-refractivity contribution in [3.05, 3.63) is 89.9 Å². The normalized spacial score (nSPS) is 18.2. The van der Waals surface area contributed by atoms with Crippen molar-refractivity contribution in [2.24, 2.45) is 10.2 Å². The summed E-state index contributed by atoms with van der Waals surface area (Å²) >= 11 is 1.34. The predicted molar refractivity (Wildman–Crippen MR) is 110 cm³/mol. The number of thioether (sulfide) groups is 1. The van der Waals surface area contributed by atoms with Gasteiger partial charge >= 0.3 is 0 Å². The van der Waals surface area contributed by atoms with Crippen molar-refractivity contribution in [1.29, 1.82) is 0 Å². The van der Waals surface area contributed by atoms with E-state index in [4.69, 9.17) is 4.42 Å². The molecular formula is C21H17FN4O2S. The number of furan rings is 1. The number of benzene rings is 1. The standard InChI is InChI=1S/C21H17FN4O2S/c22-17-7-5-15(6-8-17)11-19-20(27)26(14-18-4-2-10-28-18)21(29-19)25-24-13-16-3-1-9-23-12-16/h1-10,12-13,19H,11,14H2/b24-13-,25-21-/t19-/m0/s1. The van der Waals surface area contributed by atoms with Crippen molar-refractivity contribution in [2.75, 3.05) is 0 Å². The van der Waals surface area contributed by atoms with E-state index in [-0.39, 0.29) is 23.5 Å². The van der Waals surface area contributed by atoms with Gasteiger partial charge in [0.05, 0.1) is 24.3 Å². The summed E-state index contributed by atoms with van der Waals surface area (Å²) in [6.45, 7) is 0.278. The van der Waals surface area contributed by atoms with E-state index in [9.17, 15) is 9.18 Å². The molecule has 8 heteroatoms. The third kappa shape index (κ3) is 4.78. The Hall–Kier alpha value is -3.26. The lowest BCUT2D eigenvalue weighted by Gasteiger charge is -2.14. The Morgan fingerprint density at radius 3 is 2.79 bits per heavy atom. The van der Waals surface area contributed by atoms with Crippen LogP contribution in [0.4, 0.5) is 4.39 Å². The molecule has 1 aliphatic heterocycles. The number of hydrogen-bond acceptors (Lipinski definition) is 6. The second kappa shape index (κ2) is 8.83. The molecule has 4 rings (SSSR count). The Morgan fingerprint density at radius 1 is 1.21 bits per heavy atom. The van der Waals surface area contributed by atoms with E-state index in [0.717, 1.165) is 11.1 Å². The number of nitrogens with zero attached hydrogens (tertiary/aromatic N) is 4. The van der Waals surface area contributed by atoms with Crippen LogP contribution in [0.5, 0.6) is 0 Å². The van der Waals surface area contributed by atoms with E-state index in [2.05, 4.69) is 15.2 Å². The zero-order valence-electron chi connectivity index (χ0n) is 15.3. The summed E-state index contributed by atoms with van der Waals surface area (Å²) in [7, 11) is 0. The number of aromatic nitrogens is 1. The lowest BCUT2D eigenvalue weighted by atomic mass is 10.1. The SMILES string of the molecule is O=C1[C@H](Cc2ccc(F)cc2)S/C(=N\N=C/c2cccnc2)N1Cc1ccco1. The van der Waals surface area contributed by atoms with Crippen molar-refractivity contribution in [1.82, 2.24) is 9.88 Å². The largest absolute Gasteiger partial charge is 0.467 e. The molecule has 1 aromatic carbocycles. The third-order valence-corrected chi connectivity index (χ3v) is 5.45. The molecule has 0 aliphatic carbocycles. The van der Waals surface area contributed by atoms with Gasteiger partial charge in [0, 0.05) is 18.0 Å². The molecule has 6 nitrogen and oxygen atoms in total. The highest BCUT2D eigenvalue weighted by atomic mass is 32.2. The van der Waals surface area contributed by atoms with Gasteiger partial charge in [-0.25, -0.2) is 4.39 Å². The smallest absolute Gasteiger partial charge is 0.242 e. The summed E-state index contributed by atoms with van der Waals surface area (Å²) in [6, 6.07) is 13.4. The van der Waals surface area contributed by atoms with Crippen LogP contribution in [0.2, 0.25) is 0 Å². The van der Waals surface area contributed by atoms with Crippen LogP contribution in [0.3, 0.4) is 0 Å². The van der Waals surface area contributed by atoms with E-state index < -0.39 is 0 Å². The lowest BCUT2D eigenvalue weighted by Crippen LogP contribution is -2.32. The molecule has 146 valence electrons. The van der Waals surface area contributed by atoms with Crippen molar-refractivity contribution in [3.8, 4) is 0 Å². The van der Waals surface area contributed by atoms with Crippen molar-refractivity contribution >= 4 is 29.1 Å². The average Bonchev–Trinajstić information content (AvgIpc) is 3.35. The minimum atomic E-state index is -0.359. The van der Waals surface area contributed by atoms with Gasteiger partial charge in [-0.1, -0.05) is 30.0 Å². The molecule has 1 atom stereocenters. The summed E-state index contributed by atoms with van der Waals surface area (Å²) in [4.78, 5) is 18.6. The van der Waals surface area contributed by atoms with Crippen molar-refractivity contribution < 1.29 is 13.6 Å². The van der Waals surface area contributed by atoms with Gasteiger partial charge in [0.2, 0.25) is 5.91 Å². The Bertz CT molecular complexity index is 1020. The Labute approximate surface area is 171 Å². The topological polar surface area (TPSA) is 71.1 Å². The number of pyridine rings is 1. The zero-order valence-corrected chi connectivity index (χ0v) is 16.1. The van der Waals surface area contributed by atoms with Gasteiger partial charge in [-0.15, -0.1) is 5.10 Å². The highest BCUT2D eigenvalue weighted by Crippen LogP contribution is 2.31. The molecule has 1 saturated heterocycles.